The van der Waals surface area contributed by atoms with Gasteiger partial charge in [0.15, 0.2) is 0 Å². The molecular formula is C17H23N5. The van der Waals surface area contributed by atoms with Crippen molar-refractivity contribution in [1.82, 2.24) is 14.9 Å². The van der Waals surface area contributed by atoms with E-state index in [4.69, 9.17) is 0 Å². The molecule has 1 aromatic heterocycles. The summed E-state index contributed by atoms with van der Waals surface area (Å²) in [5.41, 5.74) is 2.36. The molecule has 2 saturated heterocycles. The molecule has 5 heteroatoms. The highest BCUT2D eigenvalue weighted by molar-refractivity contribution is 5.91. The van der Waals surface area contributed by atoms with Gasteiger partial charge in [-0.05, 0) is 38.1 Å². The molecule has 1 aromatic carbocycles. The summed E-state index contributed by atoms with van der Waals surface area (Å²) < 4.78 is 0. The molecular weight excluding hydrogens is 274 g/mol. The normalized spacial score (nSPS) is 20.0. The number of likely N-dealkylation sites (N-methyl/N-ethyl adjacent to an activating group) is 1. The van der Waals surface area contributed by atoms with Crippen LogP contribution in [0.15, 0.2) is 24.5 Å². The standard InChI is InChI=1S/C17H23N5/c1-20-8-10-22(11-9-20)17-15-5-4-14(21-6-2-3-7-21)12-16(15)18-13-19-17/h4-5,12-13H,2-3,6-11H2,1H3. The lowest BCUT2D eigenvalue weighted by molar-refractivity contribution is 0.312. The summed E-state index contributed by atoms with van der Waals surface area (Å²) in [4.78, 5) is 16.3. The second-order valence-electron chi connectivity index (χ2n) is 6.38. The van der Waals surface area contributed by atoms with Crippen molar-refractivity contribution in [1.29, 1.82) is 0 Å². The van der Waals surface area contributed by atoms with E-state index in [1.165, 1.54) is 37.0 Å². The lowest BCUT2D eigenvalue weighted by Gasteiger charge is -2.33. The molecule has 3 heterocycles. The number of hydrogen-bond acceptors (Lipinski definition) is 5. The minimum absolute atomic E-state index is 1.04. The zero-order valence-electron chi connectivity index (χ0n) is 13.2. The number of aromatic nitrogens is 2. The van der Waals surface area contributed by atoms with E-state index in [1.807, 2.05) is 0 Å². The fourth-order valence-corrected chi connectivity index (χ4v) is 3.47. The lowest BCUT2D eigenvalue weighted by atomic mass is 10.2. The van der Waals surface area contributed by atoms with Crippen LogP contribution in [-0.2, 0) is 0 Å². The molecule has 0 saturated carbocycles. The minimum atomic E-state index is 1.04. The number of nitrogens with zero attached hydrogens (tertiary/aromatic N) is 5. The van der Waals surface area contributed by atoms with Crippen molar-refractivity contribution in [3.05, 3.63) is 24.5 Å². The minimum Gasteiger partial charge on any atom is -0.371 e. The van der Waals surface area contributed by atoms with Crippen molar-refractivity contribution in [3.63, 3.8) is 0 Å². The Bertz CT molecular complexity index is 657. The van der Waals surface area contributed by atoms with Crippen molar-refractivity contribution in [2.75, 3.05) is 56.1 Å². The van der Waals surface area contributed by atoms with E-state index in [2.05, 4.69) is 49.9 Å². The third kappa shape index (κ3) is 2.50. The van der Waals surface area contributed by atoms with Crippen LogP contribution in [-0.4, -0.2) is 61.2 Å². The molecule has 0 spiro atoms. The number of fused-ring (bicyclic) bond motifs is 1. The van der Waals surface area contributed by atoms with E-state index in [-0.39, 0.29) is 0 Å². The average Bonchev–Trinajstić information content (AvgIpc) is 3.09. The van der Waals surface area contributed by atoms with E-state index in [9.17, 15) is 0 Å². The van der Waals surface area contributed by atoms with Gasteiger partial charge in [0.25, 0.3) is 0 Å². The lowest BCUT2D eigenvalue weighted by Crippen LogP contribution is -2.44. The Hall–Kier alpha value is -1.88. The Morgan fingerprint density at radius 1 is 0.864 bits per heavy atom. The first-order chi connectivity index (χ1) is 10.8. The van der Waals surface area contributed by atoms with Crippen LogP contribution in [0, 0.1) is 0 Å². The summed E-state index contributed by atoms with van der Waals surface area (Å²) in [6.07, 6.45) is 4.31. The van der Waals surface area contributed by atoms with E-state index in [1.54, 1.807) is 6.33 Å². The quantitative estimate of drug-likeness (QED) is 0.847. The van der Waals surface area contributed by atoms with Gasteiger partial charge >= 0.3 is 0 Å². The molecule has 4 rings (SSSR count). The van der Waals surface area contributed by atoms with Gasteiger partial charge in [-0.2, -0.15) is 0 Å². The summed E-state index contributed by atoms with van der Waals surface area (Å²) in [6, 6.07) is 6.66. The molecule has 0 radical (unpaired) electrons. The molecule has 0 atom stereocenters. The van der Waals surface area contributed by atoms with Crippen molar-refractivity contribution in [2.45, 2.75) is 12.8 Å². The number of hydrogen-bond donors (Lipinski definition) is 0. The van der Waals surface area contributed by atoms with E-state index in [0.29, 0.717) is 0 Å². The smallest absolute Gasteiger partial charge is 0.139 e. The zero-order chi connectivity index (χ0) is 14.9. The summed E-state index contributed by atoms with van der Waals surface area (Å²) in [5.74, 6) is 1.09. The van der Waals surface area contributed by atoms with Crippen LogP contribution >= 0.6 is 0 Å². The monoisotopic (exact) mass is 297 g/mol. The van der Waals surface area contributed by atoms with Crippen molar-refractivity contribution in [2.24, 2.45) is 0 Å². The maximum atomic E-state index is 4.57. The predicted molar refractivity (Wildman–Crippen MR) is 90.7 cm³/mol. The van der Waals surface area contributed by atoms with Gasteiger partial charge in [0, 0.05) is 50.3 Å². The van der Waals surface area contributed by atoms with Gasteiger partial charge in [-0.3, -0.25) is 0 Å². The molecule has 0 aliphatic carbocycles. The highest BCUT2D eigenvalue weighted by Gasteiger charge is 2.19. The van der Waals surface area contributed by atoms with Gasteiger partial charge < -0.3 is 14.7 Å². The second-order valence-corrected chi connectivity index (χ2v) is 6.38. The van der Waals surface area contributed by atoms with Crippen LogP contribution in [0.3, 0.4) is 0 Å². The molecule has 2 aromatic rings. The van der Waals surface area contributed by atoms with Gasteiger partial charge in [0.05, 0.1) is 5.52 Å². The first-order valence-corrected chi connectivity index (χ1v) is 8.24. The Kier molecular flexibility index (Phi) is 3.58. The summed E-state index contributed by atoms with van der Waals surface area (Å²) >= 11 is 0. The Morgan fingerprint density at radius 2 is 1.64 bits per heavy atom. The van der Waals surface area contributed by atoms with Crippen molar-refractivity contribution >= 4 is 22.4 Å². The van der Waals surface area contributed by atoms with Crippen LogP contribution in [0.25, 0.3) is 10.9 Å². The largest absolute Gasteiger partial charge is 0.371 e. The Morgan fingerprint density at radius 3 is 2.41 bits per heavy atom. The SMILES string of the molecule is CN1CCN(c2ncnc3cc(N4CCCC4)ccc23)CC1. The van der Waals surface area contributed by atoms with Gasteiger partial charge in [-0.25, -0.2) is 9.97 Å². The summed E-state index contributed by atoms with van der Waals surface area (Å²) in [6.45, 7) is 6.60. The number of piperazine rings is 1. The van der Waals surface area contributed by atoms with Gasteiger partial charge in [0.1, 0.15) is 12.1 Å². The van der Waals surface area contributed by atoms with Gasteiger partial charge in [0.2, 0.25) is 0 Å². The number of benzene rings is 1. The molecule has 5 nitrogen and oxygen atoms in total. The maximum absolute atomic E-state index is 4.57. The van der Waals surface area contributed by atoms with Crippen LogP contribution < -0.4 is 9.80 Å². The zero-order valence-corrected chi connectivity index (χ0v) is 13.2. The maximum Gasteiger partial charge on any atom is 0.139 e. The number of anilines is 2. The first-order valence-electron chi connectivity index (χ1n) is 8.24. The second kappa shape index (κ2) is 5.72. The average molecular weight is 297 g/mol. The van der Waals surface area contributed by atoms with E-state index >= 15 is 0 Å². The summed E-state index contributed by atoms with van der Waals surface area (Å²) in [7, 11) is 2.18. The van der Waals surface area contributed by atoms with Gasteiger partial charge in [-0.15, -0.1) is 0 Å². The molecule has 0 amide bonds. The van der Waals surface area contributed by atoms with Crippen LogP contribution in [0.5, 0.6) is 0 Å². The molecule has 22 heavy (non-hydrogen) atoms. The fourth-order valence-electron chi connectivity index (χ4n) is 3.47. The molecule has 2 fully saturated rings. The van der Waals surface area contributed by atoms with Crippen LogP contribution in [0.1, 0.15) is 12.8 Å². The first kappa shape index (κ1) is 13.8. The Labute approximate surface area is 131 Å². The highest BCUT2D eigenvalue weighted by atomic mass is 15.3. The summed E-state index contributed by atoms with van der Waals surface area (Å²) in [5, 5.41) is 1.18. The molecule has 0 N–H and O–H groups in total. The third-order valence-corrected chi connectivity index (χ3v) is 4.87. The number of rotatable bonds is 2. The Balaban J connectivity index is 1.68. The van der Waals surface area contributed by atoms with Gasteiger partial charge in [-0.1, -0.05) is 0 Å². The van der Waals surface area contributed by atoms with Crippen LogP contribution in [0.4, 0.5) is 11.5 Å². The topological polar surface area (TPSA) is 35.5 Å². The molecule has 2 aliphatic heterocycles. The molecule has 2 aliphatic rings. The fraction of sp³-hybridized carbons (Fsp3) is 0.529. The van der Waals surface area contributed by atoms with Crippen molar-refractivity contribution < 1.29 is 0 Å². The van der Waals surface area contributed by atoms with Crippen molar-refractivity contribution in [3.8, 4) is 0 Å². The van der Waals surface area contributed by atoms with E-state index < -0.39 is 0 Å². The van der Waals surface area contributed by atoms with Crippen LogP contribution in [0.2, 0.25) is 0 Å². The molecule has 0 unspecified atom stereocenters. The predicted octanol–water partition coefficient (Wildman–Crippen LogP) is 1.98. The molecule has 0 bridgehead atoms. The highest BCUT2D eigenvalue weighted by Crippen LogP contribution is 2.28. The third-order valence-electron chi connectivity index (χ3n) is 4.87. The van der Waals surface area contributed by atoms with E-state index in [0.717, 1.165) is 37.5 Å². The molecule has 116 valence electrons.